The van der Waals surface area contributed by atoms with Crippen LogP contribution in [0.1, 0.15) is 66.2 Å². The number of aliphatic hydroxyl groups is 1. The van der Waals surface area contributed by atoms with Crippen molar-refractivity contribution >= 4 is 5.97 Å². The first kappa shape index (κ1) is 16.8. The Kier molecular flexibility index (Phi) is 5.02. The average molecular weight is 296 g/mol. The van der Waals surface area contributed by atoms with Crippen LogP contribution in [0.25, 0.3) is 0 Å². The molecule has 2 aliphatic carbocycles. The highest BCUT2D eigenvalue weighted by Crippen LogP contribution is 2.47. The number of hydrogen-bond donors (Lipinski definition) is 2. The average Bonchev–Trinajstić information content (AvgIpc) is 2.35. The predicted molar refractivity (Wildman–Crippen MR) is 83.9 cm³/mol. The third-order valence-corrected chi connectivity index (χ3v) is 5.94. The standard InChI is InChI=1S/C18H32O3/c1-11-5-12(2)8-15(7-11)18(21,17(19)20)16-9-13(3)6-14(4)10-16/h11-16,21H,5-10H2,1-4H3,(H,19,20). The highest BCUT2D eigenvalue weighted by Gasteiger charge is 2.53. The molecule has 0 amide bonds. The number of hydrogen-bond acceptors (Lipinski definition) is 2. The van der Waals surface area contributed by atoms with Crippen LogP contribution in [0.15, 0.2) is 0 Å². The molecule has 0 bridgehead atoms. The summed E-state index contributed by atoms with van der Waals surface area (Å²) in [5, 5.41) is 21.0. The van der Waals surface area contributed by atoms with Crippen LogP contribution in [-0.4, -0.2) is 21.8 Å². The highest BCUT2D eigenvalue weighted by molar-refractivity contribution is 5.78. The topological polar surface area (TPSA) is 57.5 Å². The summed E-state index contributed by atoms with van der Waals surface area (Å²) in [6.45, 7) is 8.77. The Morgan fingerprint density at radius 1 is 0.762 bits per heavy atom. The molecule has 3 nitrogen and oxygen atoms in total. The molecular formula is C18H32O3. The summed E-state index contributed by atoms with van der Waals surface area (Å²) in [4.78, 5) is 12.0. The van der Waals surface area contributed by atoms with Gasteiger partial charge in [0, 0.05) is 0 Å². The van der Waals surface area contributed by atoms with E-state index in [2.05, 4.69) is 27.7 Å². The van der Waals surface area contributed by atoms with Gasteiger partial charge in [0.25, 0.3) is 0 Å². The minimum atomic E-state index is -1.52. The van der Waals surface area contributed by atoms with Crippen molar-refractivity contribution in [1.82, 2.24) is 0 Å². The summed E-state index contributed by atoms with van der Waals surface area (Å²) in [7, 11) is 0. The SMILES string of the molecule is CC1CC(C)CC(C(O)(C(=O)O)C2CC(C)CC(C)C2)C1. The van der Waals surface area contributed by atoms with Gasteiger partial charge >= 0.3 is 5.97 Å². The second kappa shape index (κ2) is 6.28. The summed E-state index contributed by atoms with van der Waals surface area (Å²) in [5.41, 5.74) is -1.52. The smallest absolute Gasteiger partial charge is 0.336 e. The molecule has 3 heteroatoms. The second-order valence-electron chi connectivity index (χ2n) is 8.36. The molecule has 2 fully saturated rings. The van der Waals surface area contributed by atoms with Gasteiger partial charge in [-0.15, -0.1) is 0 Å². The molecule has 0 aromatic carbocycles. The number of carboxylic acid groups (broad SMARTS) is 1. The Hall–Kier alpha value is -0.570. The van der Waals surface area contributed by atoms with Crippen LogP contribution < -0.4 is 0 Å². The zero-order valence-electron chi connectivity index (χ0n) is 14.0. The number of rotatable bonds is 3. The lowest BCUT2D eigenvalue weighted by Gasteiger charge is -2.47. The van der Waals surface area contributed by atoms with Crippen molar-refractivity contribution in [2.45, 2.75) is 71.8 Å². The molecule has 0 spiro atoms. The van der Waals surface area contributed by atoms with Crippen molar-refractivity contribution in [2.75, 3.05) is 0 Å². The van der Waals surface area contributed by atoms with Gasteiger partial charge in [0.2, 0.25) is 0 Å². The van der Waals surface area contributed by atoms with Gasteiger partial charge in [-0.05, 0) is 74.0 Å². The number of carboxylic acids is 1. The van der Waals surface area contributed by atoms with E-state index >= 15 is 0 Å². The molecule has 2 rings (SSSR count). The van der Waals surface area contributed by atoms with Gasteiger partial charge in [-0.1, -0.05) is 27.7 Å². The van der Waals surface area contributed by atoms with Gasteiger partial charge in [-0.2, -0.15) is 0 Å². The third-order valence-electron chi connectivity index (χ3n) is 5.94. The lowest BCUT2D eigenvalue weighted by molar-refractivity contribution is -0.182. The van der Waals surface area contributed by atoms with Crippen LogP contribution in [-0.2, 0) is 4.79 Å². The largest absolute Gasteiger partial charge is 0.479 e. The molecule has 4 unspecified atom stereocenters. The van der Waals surface area contributed by atoms with Gasteiger partial charge in [0.1, 0.15) is 0 Å². The summed E-state index contributed by atoms with van der Waals surface area (Å²) >= 11 is 0. The fraction of sp³-hybridized carbons (Fsp3) is 0.944. The van der Waals surface area contributed by atoms with Gasteiger partial charge < -0.3 is 10.2 Å². The summed E-state index contributed by atoms with van der Waals surface area (Å²) in [5.74, 6) is 0.907. The zero-order valence-corrected chi connectivity index (χ0v) is 14.0. The van der Waals surface area contributed by atoms with E-state index in [1.54, 1.807) is 0 Å². The maximum absolute atomic E-state index is 12.0. The molecule has 0 aromatic rings. The molecule has 0 radical (unpaired) electrons. The summed E-state index contributed by atoms with van der Waals surface area (Å²) < 4.78 is 0. The fourth-order valence-electron chi connectivity index (χ4n) is 5.30. The van der Waals surface area contributed by atoms with E-state index in [4.69, 9.17) is 0 Å². The molecule has 0 saturated heterocycles. The fourth-order valence-corrected chi connectivity index (χ4v) is 5.30. The van der Waals surface area contributed by atoms with Crippen molar-refractivity contribution in [3.63, 3.8) is 0 Å². The van der Waals surface area contributed by atoms with Crippen molar-refractivity contribution in [3.8, 4) is 0 Å². The molecule has 0 aliphatic heterocycles. The van der Waals surface area contributed by atoms with Gasteiger partial charge in [-0.25, -0.2) is 4.79 Å². The summed E-state index contributed by atoms with van der Waals surface area (Å²) in [6, 6.07) is 0. The normalized spacial score (nSPS) is 44.0. The van der Waals surface area contributed by atoms with Crippen molar-refractivity contribution in [3.05, 3.63) is 0 Å². The first-order chi connectivity index (χ1) is 9.73. The first-order valence-corrected chi connectivity index (χ1v) is 8.69. The quantitative estimate of drug-likeness (QED) is 0.829. The predicted octanol–water partition coefficient (Wildman–Crippen LogP) is 3.95. The van der Waals surface area contributed by atoms with E-state index in [9.17, 15) is 15.0 Å². The lowest BCUT2D eigenvalue weighted by Crippen LogP contribution is -2.55. The van der Waals surface area contributed by atoms with Crippen LogP contribution in [0.5, 0.6) is 0 Å². The molecule has 0 heterocycles. The van der Waals surface area contributed by atoms with E-state index < -0.39 is 11.6 Å². The van der Waals surface area contributed by atoms with Crippen LogP contribution in [0, 0.1) is 35.5 Å². The maximum atomic E-state index is 12.0. The summed E-state index contributed by atoms with van der Waals surface area (Å²) in [6.07, 6.45) is 5.73. The molecule has 0 aromatic heterocycles. The second-order valence-corrected chi connectivity index (χ2v) is 8.36. The Bertz CT molecular complexity index is 333. The Balaban J connectivity index is 2.25. The van der Waals surface area contributed by atoms with E-state index in [0.717, 1.165) is 38.5 Å². The Morgan fingerprint density at radius 2 is 1.05 bits per heavy atom. The zero-order chi connectivity index (χ0) is 15.8. The Labute approximate surface area is 129 Å². The maximum Gasteiger partial charge on any atom is 0.336 e. The van der Waals surface area contributed by atoms with E-state index in [0.29, 0.717) is 23.7 Å². The van der Waals surface area contributed by atoms with Crippen molar-refractivity contribution < 1.29 is 15.0 Å². The van der Waals surface area contributed by atoms with Crippen LogP contribution in [0.2, 0.25) is 0 Å². The molecule has 2 saturated carbocycles. The van der Waals surface area contributed by atoms with Crippen molar-refractivity contribution in [1.29, 1.82) is 0 Å². The third kappa shape index (κ3) is 3.44. The first-order valence-electron chi connectivity index (χ1n) is 8.69. The van der Waals surface area contributed by atoms with Crippen LogP contribution >= 0.6 is 0 Å². The van der Waals surface area contributed by atoms with Gasteiger partial charge in [-0.3, -0.25) is 0 Å². The van der Waals surface area contributed by atoms with E-state index in [-0.39, 0.29) is 11.8 Å². The van der Waals surface area contributed by atoms with E-state index in [1.807, 2.05) is 0 Å². The molecule has 2 N–H and O–H groups in total. The van der Waals surface area contributed by atoms with Crippen LogP contribution in [0.4, 0.5) is 0 Å². The van der Waals surface area contributed by atoms with E-state index in [1.165, 1.54) is 0 Å². The lowest BCUT2D eigenvalue weighted by atomic mass is 9.60. The molecule has 122 valence electrons. The van der Waals surface area contributed by atoms with Crippen molar-refractivity contribution in [2.24, 2.45) is 35.5 Å². The highest BCUT2D eigenvalue weighted by atomic mass is 16.4. The minimum Gasteiger partial charge on any atom is -0.479 e. The molecule has 2 aliphatic rings. The minimum absolute atomic E-state index is 0.0868. The van der Waals surface area contributed by atoms with Crippen LogP contribution in [0.3, 0.4) is 0 Å². The van der Waals surface area contributed by atoms with Gasteiger partial charge in [0.15, 0.2) is 5.60 Å². The number of carbonyl (C=O) groups is 1. The Morgan fingerprint density at radius 3 is 1.29 bits per heavy atom. The number of aliphatic carboxylic acids is 1. The molecule has 21 heavy (non-hydrogen) atoms. The molecular weight excluding hydrogens is 264 g/mol. The van der Waals surface area contributed by atoms with Gasteiger partial charge in [0.05, 0.1) is 0 Å². The molecule has 4 atom stereocenters. The monoisotopic (exact) mass is 296 g/mol.